The van der Waals surface area contributed by atoms with Crippen LogP contribution in [0.25, 0.3) is 0 Å². The molecule has 0 aliphatic rings. The maximum atomic E-state index is 8.63. The first-order valence-corrected chi connectivity index (χ1v) is 7.78. The van der Waals surface area contributed by atoms with Gasteiger partial charge in [0.1, 0.15) is 12.4 Å². The van der Waals surface area contributed by atoms with Crippen molar-refractivity contribution in [1.29, 1.82) is 0 Å². The van der Waals surface area contributed by atoms with Crippen molar-refractivity contribution in [3.63, 3.8) is 0 Å². The molecule has 1 N–H and O–H groups in total. The second-order valence-corrected chi connectivity index (χ2v) is 5.66. The Hall–Kier alpha value is -1.89. The molecule has 0 aliphatic heterocycles. The number of aryl methyl sites for hydroxylation is 1. The lowest BCUT2D eigenvalue weighted by molar-refractivity contribution is 0.344. The molecule has 2 nitrogen and oxygen atoms in total. The highest BCUT2D eigenvalue weighted by Crippen LogP contribution is 2.18. The molecule has 0 saturated heterocycles. The van der Waals surface area contributed by atoms with E-state index in [1.807, 2.05) is 24.3 Å². The smallest absolute Gasteiger partial charge is 0.119 e. The predicted octanol–water partition coefficient (Wildman–Crippen LogP) is 3.51. The van der Waals surface area contributed by atoms with Crippen LogP contribution in [0.15, 0.2) is 53.4 Å². The van der Waals surface area contributed by atoms with Gasteiger partial charge in [0.15, 0.2) is 0 Å². The Balaban J connectivity index is 1.74. The minimum atomic E-state index is -0.117. The van der Waals surface area contributed by atoms with Crippen molar-refractivity contribution in [2.75, 3.05) is 19.0 Å². The van der Waals surface area contributed by atoms with E-state index < -0.39 is 0 Å². The standard InChI is InChI=1S/C18H18O2S/c1-15-4-10-18(11-5-15)21-14-13-20-17-8-6-16(7-9-17)3-2-12-19/h4-11,19H,12-14H2,1H3. The van der Waals surface area contributed by atoms with Gasteiger partial charge in [0, 0.05) is 16.2 Å². The lowest BCUT2D eigenvalue weighted by atomic mass is 10.2. The van der Waals surface area contributed by atoms with E-state index in [1.165, 1.54) is 10.5 Å². The largest absolute Gasteiger partial charge is 0.493 e. The van der Waals surface area contributed by atoms with Gasteiger partial charge in [0.05, 0.1) is 6.61 Å². The Labute approximate surface area is 130 Å². The Kier molecular flexibility index (Phi) is 6.21. The van der Waals surface area contributed by atoms with E-state index in [1.54, 1.807) is 11.8 Å². The van der Waals surface area contributed by atoms with Gasteiger partial charge in [-0.1, -0.05) is 29.5 Å². The molecule has 0 atom stereocenters. The van der Waals surface area contributed by atoms with Crippen LogP contribution < -0.4 is 4.74 Å². The molecule has 21 heavy (non-hydrogen) atoms. The van der Waals surface area contributed by atoms with Crippen molar-refractivity contribution in [1.82, 2.24) is 0 Å². The summed E-state index contributed by atoms with van der Waals surface area (Å²) in [5.41, 5.74) is 2.16. The SMILES string of the molecule is Cc1ccc(SCCOc2ccc(C#CCO)cc2)cc1. The molecule has 2 aromatic carbocycles. The van der Waals surface area contributed by atoms with Crippen LogP contribution in [0.5, 0.6) is 5.75 Å². The fourth-order valence-corrected chi connectivity index (χ4v) is 2.46. The van der Waals surface area contributed by atoms with Crippen LogP contribution in [0.2, 0.25) is 0 Å². The normalized spacial score (nSPS) is 9.81. The molecule has 0 unspecified atom stereocenters. The van der Waals surface area contributed by atoms with E-state index in [2.05, 4.69) is 43.0 Å². The highest BCUT2D eigenvalue weighted by molar-refractivity contribution is 7.99. The third kappa shape index (κ3) is 5.55. The topological polar surface area (TPSA) is 29.5 Å². The molecule has 0 amide bonds. The van der Waals surface area contributed by atoms with Crippen LogP contribution in [0.3, 0.4) is 0 Å². The molecule has 0 aromatic heterocycles. The fraction of sp³-hybridized carbons (Fsp3) is 0.222. The van der Waals surface area contributed by atoms with Crippen LogP contribution in [0.4, 0.5) is 0 Å². The number of hydrogen-bond acceptors (Lipinski definition) is 3. The first-order valence-electron chi connectivity index (χ1n) is 6.80. The van der Waals surface area contributed by atoms with Gasteiger partial charge >= 0.3 is 0 Å². The van der Waals surface area contributed by atoms with Gasteiger partial charge in [0.2, 0.25) is 0 Å². The van der Waals surface area contributed by atoms with E-state index in [0.29, 0.717) is 6.61 Å². The molecule has 0 aliphatic carbocycles. The quantitative estimate of drug-likeness (QED) is 0.520. The summed E-state index contributed by atoms with van der Waals surface area (Å²) < 4.78 is 5.69. The van der Waals surface area contributed by atoms with Gasteiger partial charge in [-0.3, -0.25) is 0 Å². The van der Waals surface area contributed by atoms with Crippen LogP contribution in [-0.2, 0) is 0 Å². The molecule has 0 bridgehead atoms. The van der Waals surface area contributed by atoms with Gasteiger partial charge in [-0.15, -0.1) is 11.8 Å². The number of benzene rings is 2. The maximum absolute atomic E-state index is 8.63. The molecule has 0 fully saturated rings. The van der Waals surface area contributed by atoms with Gasteiger partial charge in [-0.25, -0.2) is 0 Å². The van der Waals surface area contributed by atoms with Crippen molar-refractivity contribution >= 4 is 11.8 Å². The van der Waals surface area contributed by atoms with E-state index in [-0.39, 0.29) is 6.61 Å². The van der Waals surface area contributed by atoms with E-state index in [0.717, 1.165) is 17.1 Å². The second kappa shape index (κ2) is 8.41. The molecular weight excluding hydrogens is 280 g/mol. The highest BCUT2D eigenvalue weighted by Gasteiger charge is 1.96. The molecule has 0 heterocycles. The first-order chi connectivity index (χ1) is 10.3. The average molecular weight is 298 g/mol. The van der Waals surface area contributed by atoms with Crippen LogP contribution >= 0.6 is 11.8 Å². The van der Waals surface area contributed by atoms with Crippen molar-refractivity contribution < 1.29 is 9.84 Å². The Morgan fingerprint density at radius 1 is 1.05 bits per heavy atom. The summed E-state index contributed by atoms with van der Waals surface area (Å²) in [6.45, 7) is 2.64. The first kappa shape index (κ1) is 15.5. The van der Waals surface area contributed by atoms with Crippen LogP contribution in [0.1, 0.15) is 11.1 Å². The zero-order chi connectivity index (χ0) is 14.9. The summed E-state index contributed by atoms with van der Waals surface area (Å²) in [5, 5.41) is 8.63. The average Bonchev–Trinajstić information content (AvgIpc) is 2.52. The van der Waals surface area contributed by atoms with E-state index >= 15 is 0 Å². The molecule has 0 spiro atoms. The van der Waals surface area contributed by atoms with Crippen molar-refractivity contribution in [3.8, 4) is 17.6 Å². The second-order valence-electron chi connectivity index (χ2n) is 4.49. The van der Waals surface area contributed by atoms with Crippen molar-refractivity contribution in [2.45, 2.75) is 11.8 Å². The summed E-state index contributed by atoms with van der Waals surface area (Å²) in [6, 6.07) is 16.1. The molecular formula is C18H18O2S. The fourth-order valence-electron chi connectivity index (χ4n) is 1.73. The summed E-state index contributed by atoms with van der Waals surface area (Å²) in [5.74, 6) is 7.23. The maximum Gasteiger partial charge on any atom is 0.119 e. The van der Waals surface area contributed by atoms with Gasteiger partial charge in [-0.05, 0) is 43.3 Å². The number of aliphatic hydroxyl groups excluding tert-OH is 1. The molecule has 0 saturated carbocycles. The number of aliphatic hydroxyl groups is 1. The van der Waals surface area contributed by atoms with Crippen molar-refractivity contribution in [3.05, 3.63) is 59.7 Å². The Morgan fingerprint density at radius 2 is 1.76 bits per heavy atom. The number of hydrogen-bond donors (Lipinski definition) is 1. The molecule has 3 heteroatoms. The predicted molar refractivity (Wildman–Crippen MR) is 87.8 cm³/mol. The lowest BCUT2D eigenvalue weighted by Crippen LogP contribution is -1.99. The third-order valence-electron chi connectivity index (χ3n) is 2.81. The molecule has 2 aromatic rings. The van der Waals surface area contributed by atoms with Crippen molar-refractivity contribution in [2.24, 2.45) is 0 Å². The number of ether oxygens (including phenoxy) is 1. The summed E-state index contributed by atoms with van der Waals surface area (Å²) in [4.78, 5) is 1.26. The van der Waals surface area contributed by atoms with Gasteiger partial charge in [-0.2, -0.15) is 0 Å². The van der Waals surface area contributed by atoms with Gasteiger partial charge < -0.3 is 9.84 Å². The monoisotopic (exact) mass is 298 g/mol. The number of thioether (sulfide) groups is 1. The Morgan fingerprint density at radius 3 is 2.43 bits per heavy atom. The Bertz CT molecular complexity index is 606. The van der Waals surface area contributed by atoms with Gasteiger partial charge in [0.25, 0.3) is 0 Å². The summed E-state index contributed by atoms with van der Waals surface area (Å²) in [7, 11) is 0. The summed E-state index contributed by atoms with van der Waals surface area (Å²) in [6.07, 6.45) is 0. The molecule has 108 valence electrons. The van der Waals surface area contributed by atoms with Crippen LogP contribution in [0, 0.1) is 18.8 Å². The van der Waals surface area contributed by atoms with E-state index in [4.69, 9.17) is 9.84 Å². The lowest BCUT2D eigenvalue weighted by Gasteiger charge is -2.06. The minimum absolute atomic E-state index is 0.117. The zero-order valence-corrected chi connectivity index (χ0v) is 12.8. The highest BCUT2D eigenvalue weighted by atomic mass is 32.2. The summed E-state index contributed by atoms with van der Waals surface area (Å²) >= 11 is 1.79. The van der Waals surface area contributed by atoms with Crippen LogP contribution in [-0.4, -0.2) is 24.1 Å². The van der Waals surface area contributed by atoms with E-state index in [9.17, 15) is 0 Å². The zero-order valence-electron chi connectivity index (χ0n) is 12.0. The minimum Gasteiger partial charge on any atom is -0.493 e. The molecule has 0 radical (unpaired) electrons. The molecule has 2 rings (SSSR count). The third-order valence-corrected chi connectivity index (χ3v) is 3.78. The number of rotatable bonds is 5.